The standard InChI is InChI=1S/C17H27N7OS/c1-10-7-5-6-8-14(10)19-15(25)13(4)26-17-21-20-16(23(17)18)24-12(3)9-11(2)22-24/h9-10,13-14H,5-8,18H2,1-4H3,(H,19,25). The smallest absolute Gasteiger partial charge is 0.271 e. The molecule has 0 aliphatic heterocycles. The summed E-state index contributed by atoms with van der Waals surface area (Å²) in [6.07, 6.45) is 4.66. The summed E-state index contributed by atoms with van der Waals surface area (Å²) in [6, 6.07) is 2.21. The van der Waals surface area contributed by atoms with Crippen LogP contribution in [0.25, 0.3) is 5.95 Å². The quantitative estimate of drug-likeness (QED) is 0.610. The second-order valence-electron chi connectivity index (χ2n) is 7.13. The van der Waals surface area contributed by atoms with E-state index in [1.165, 1.54) is 35.7 Å². The maximum absolute atomic E-state index is 12.6. The molecule has 2 heterocycles. The molecule has 1 fully saturated rings. The number of nitrogens with zero attached hydrogens (tertiary/aromatic N) is 5. The molecular weight excluding hydrogens is 350 g/mol. The number of rotatable bonds is 5. The molecule has 8 nitrogen and oxygen atoms in total. The number of hydrogen-bond donors (Lipinski definition) is 2. The van der Waals surface area contributed by atoms with Gasteiger partial charge in [-0.05, 0) is 45.6 Å². The third-order valence-electron chi connectivity index (χ3n) is 4.94. The van der Waals surface area contributed by atoms with Crippen LogP contribution in [-0.2, 0) is 4.79 Å². The lowest BCUT2D eigenvalue weighted by Crippen LogP contribution is -2.44. The van der Waals surface area contributed by atoms with Crippen LogP contribution < -0.4 is 11.2 Å². The molecule has 1 amide bonds. The van der Waals surface area contributed by atoms with Crippen LogP contribution in [0, 0.1) is 19.8 Å². The SMILES string of the molecule is Cc1cc(C)n(-c2nnc(SC(C)C(=O)NC3CCCCC3C)n2N)n1. The van der Waals surface area contributed by atoms with Crippen LogP contribution in [0.3, 0.4) is 0 Å². The summed E-state index contributed by atoms with van der Waals surface area (Å²) in [5.41, 5.74) is 1.81. The normalized spacial score (nSPS) is 21.5. The van der Waals surface area contributed by atoms with Gasteiger partial charge in [0.25, 0.3) is 5.95 Å². The van der Waals surface area contributed by atoms with Crippen molar-refractivity contribution in [1.29, 1.82) is 0 Å². The second-order valence-corrected chi connectivity index (χ2v) is 8.44. The van der Waals surface area contributed by atoms with Crippen LogP contribution in [0.1, 0.15) is 50.9 Å². The van der Waals surface area contributed by atoms with Gasteiger partial charge >= 0.3 is 0 Å². The van der Waals surface area contributed by atoms with E-state index in [0.717, 1.165) is 17.8 Å². The maximum Gasteiger partial charge on any atom is 0.271 e. The van der Waals surface area contributed by atoms with E-state index < -0.39 is 0 Å². The third kappa shape index (κ3) is 3.87. The predicted molar refractivity (Wildman–Crippen MR) is 102 cm³/mol. The average molecular weight is 378 g/mol. The topological polar surface area (TPSA) is 104 Å². The van der Waals surface area contributed by atoms with E-state index in [4.69, 9.17) is 5.84 Å². The highest BCUT2D eigenvalue weighted by Gasteiger charge is 2.26. The van der Waals surface area contributed by atoms with Crippen LogP contribution >= 0.6 is 11.8 Å². The van der Waals surface area contributed by atoms with E-state index in [0.29, 0.717) is 17.0 Å². The van der Waals surface area contributed by atoms with Gasteiger partial charge in [0, 0.05) is 11.7 Å². The van der Waals surface area contributed by atoms with Crippen LogP contribution in [0.5, 0.6) is 0 Å². The number of thioether (sulfide) groups is 1. The highest BCUT2D eigenvalue weighted by molar-refractivity contribution is 8.00. The molecule has 2 aromatic heterocycles. The zero-order valence-corrected chi connectivity index (χ0v) is 16.6. The number of nitrogens with one attached hydrogen (secondary N) is 1. The number of amides is 1. The first-order valence-electron chi connectivity index (χ1n) is 9.08. The molecule has 1 aliphatic carbocycles. The van der Waals surface area contributed by atoms with Crippen LogP contribution in [0.2, 0.25) is 0 Å². The molecule has 0 aromatic carbocycles. The zero-order valence-electron chi connectivity index (χ0n) is 15.8. The van der Waals surface area contributed by atoms with Crippen LogP contribution in [0.4, 0.5) is 0 Å². The van der Waals surface area contributed by atoms with E-state index in [9.17, 15) is 4.79 Å². The van der Waals surface area contributed by atoms with Gasteiger partial charge in [-0.25, -0.2) is 9.36 Å². The summed E-state index contributed by atoms with van der Waals surface area (Å²) in [6.45, 7) is 7.92. The van der Waals surface area contributed by atoms with Gasteiger partial charge < -0.3 is 11.2 Å². The van der Waals surface area contributed by atoms with E-state index >= 15 is 0 Å². The molecule has 1 aliphatic rings. The number of carbonyl (C=O) groups excluding carboxylic acids is 1. The first-order valence-corrected chi connectivity index (χ1v) is 9.96. The fourth-order valence-corrected chi connectivity index (χ4v) is 4.14. The Morgan fingerprint density at radius 2 is 2.08 bits per heavy atom. The average Bonchev–Trinajstić information content (AvgIpc) is 3.11. The molecule has 26 heavy (non-hydrogen) atoms. The minimum atomic E-state index is -0.302. The third-order valence-corrected chi connectivity index (χ3v) is 5.99. The highest BCUT2D eigenvalue weighted by Crippen LogP contribution is 2.26. The first kappa shape index (κ1) is 18.8. The molecule has 0 radical (unpaired) electrons. The van der Waals surface area contributed by atoms with Crippen molar-refractivity contribution < 1.29 is 4.79 Å². The van der Waals surface area contributed by atoms with Gasteiger partial charge in [-0.2, -0.15) is 5.10 Å². The number of hydrogen-bond acceptors (Lipinski definition) is 6. The number of carbonyl (C=O) groups is 1. The molecule has 3 unspecified atom stereocenters. The van der Waals surface area contributed by atoms with E-state index in [-0.39, 0.29) is 17.2 Å². The zero-order chi connectivity index (χ0) is 18.8. The van der Waals surface area contributed by atoms with Crippen molar-refractivity contribution in [1.82, 2.24) is 30.0 Å². The lowest BCUT2D eigenvalue weighted by Gasteiger charge is -2.30. The van der Waals surface area contributed by atoms with E-state index in [1.54, 1.807) is 4.68 Å². The Kier molecular flexibility index (Phi) is 5.55. The Morgan fingerprint density at radius 1 is 1.35 bits per heavy atom. The lowest BCUT2D eigenvalue weighted by atomic mass is 9.86. The summed E-state index contributed by atoms with van der Waals surface area (Å²) in [5.74, 6) is 7.13. The first-order chi connectivity index (χ1) is 12.4. The Morgan fingerprint density at radius 3 is 2.73 bits per heavy atom. The molecule has 3 atom stereocenters. The Hall–Kier alpha value is -2.03. The van der Waals surface area contributed by atoms with Gasteiger partial charge in [0.1, 0.15) is 0 Å². The molecule has 3 rings (SSSR count). The van der Waals surface area contributed by atoms with Gasteiger partial charge in [0.2, 0.25) is 11.1 Å². The Balaban J connectivity index is 1.67. The van der Waals surface area contributed by atoms with Crippen molar-refractivity contribution in [2.75, 3.05) is 5.84 Å². The number of nitrogens with two attached hydrogens (primary N) is 1. The predicted octanol–water partition coefficient (Wildman–Crippen LogP) is 1.97. The van der Waals surface area contributed by atoms with Crippen molar-refractivity contribution in [3.8, 4) is 5.95 Å². The number of aromatic nitrogens is 5. The van der Waals surface area contributed by atoms with Gasteiger partial charge in [-0.3, -0.25) is 4.79 Å². The lowest BCUT2D eigenvalue weighted by molar-refractivity contribution is -0.121. The molecule has 0 spiro atoms. The molecule has 3 N–H and O–H groups in total. The highest BCUT2D eigenvalue weighted by atomic mass is 32.2. The molecule has 0 saturated heterocycles. The van der Waals surface area contributed by atoms with Crippen molar-refractivity contribution in [2.24, 2.45) is 5.92 Å². The van der Waals surface area contributed by atoms with Crippen molar-refractivity contribution >= 4 is 17.7 Å². The monoisotopic (exact) mass is 377 g/mol. The summed E-state index contributed by atoms with van der Waals surface area (Å²) in [5, 5.41) is 16.0. The number of aryl methyl sites for hydroxylation is 2. The van der Waals surface area contributed by atoms with E-state index in [2.05, 4.69) is 27.5 Å². The largest absolute Gasteiger partial charge is 0.352 e. The summed E-state index contributed by atoms with van der Waals surface area (Å²) < 4.78 is 3.04. The summed E-state index contributed by atoms with van der Waals surface area (Å²) in [7, 11) is 0. The van der Waals surface area contributed by atoms with Crippen molar-refractivity contribution in [3.05, 3.63) is 17.5 Å². The van der Waals surface area contributed by atoms with Crippen molar-refractivity contribution in [2.45, 2.75) is 69.8 Å². The number of nitrogen functional groups attached to an aromatic ring is 1. The van der Waals surface area contributed by atoms with Gasteiger partial charge in [-0.1, -0.05) is 31.5 Å². The van der Waals surface area contributed by atoms with Crippen LogP contribution in [-0.4, -0.2) is 41.9 Å². The molecule has 0 bridgehead atoms. The van der Waals surface area contributed by atoms with Crippen molar-refractivity contribution in [3.63, 3.8) is 0 Å². The Labute approximate surface area is 157 Å². The fraction of sp³-hybridized carbons (Fsp3) is 0.647. The van der Waals surface area contributed by atoms with Gasteiger partial charge in [0.05, 0.1) is 10.9 Å². The summed E-state index contributed by atoms with van der Waals surface area (Å²) >= 11 is 1.31. The Bertz CT molecular complexity index is 784. The van der Waals surface area contributed by atoms with E-state index in [1.807, 2.05) is 26.8 Å². The van der Waals surface area contributed by atoms with Gasteiger partial charge in [0.15, 0.2) is 0 Å². The minimum Gasteiger partial charge on any atom is -0.352 e. The molecule has 1 saturated carbocycles. The van der Waals surface area contributed by atoms with Gasteiger partial charge in [-0.15, -0.1) is 10.2 Å². The molecule has 2 aromatic rings. The molecular formula is C17H27N7OS. The molecule has 142 valence electrons. The molecule has 9 heteroatoms. The minimum absolute atomic E-state index is 0.0180. The fourth-order valence-electron chi connectivity index (χ4n) is 3.37. The maximum atomic E-state index is 12.6. The second kappa shape index (κ2) is 7.69. The summed E-state index contributed by atoms with van der Waals surface area (Å²) in [4.78, 5) is 12.6. The van der Waals surface area contributed by atoms with Crippen LogP contribution in [0.15, 0.2) is 11.2 Å².